The monoisotopic (exact) mass is 321 g/mol. The van der Waals surface area contributed by atoms with E-state index in [2.05, 4.69) is 0 Å². The van der Waals surface area contributed by atoms with E-state index in [-0.39, 0.29) is 11.6 Å². The molecule has 120 valence electrons. The van der Waals surface area contributed by atoms with Gasteiger partial charge in [0.05, 0.1) is 17.2 Å². The van der Waals surface area contributed by atoms with E-state index in [1.807, 2.05) is 12.1 Å². The van der Waals surface area contributed by atoms with Crippen LogP contribution in [0.15, 0.2) is 48.5 Å². The lowest BCUT2D eigenvalue weighted by Crippen LogP contribution is -2.31. The van der Waals surface area contributed by atoms with E-state index in [1.165, 1.54) is 6.07 Å². The number of carboxylic acid groups (broad SMARTS) is 1. The van der Waals surface area contributed by atoms with Crippen LogP contribution in [0.2, 0.25) is 0 Å². The molecule has 2 aromatic carbocycles. The molecule has 1 saturated heterocycles. The minimum atomic E-state index is -0.983. The van der Waals surface area contributed by atoms with Gasteiger partial charge in [0.15, 0.2) is 0 Å². The number of nitriles is 1. The van der Waals surface area contributed by atoms with Crippen LogP contribution in [0.3, 0.4) is 0 Å². The largest absolute Gasteiger partial charge is 0.478 e. The van der Waals surface area contributed by atoms with Gasteiger partial charge < -0.3 is 10.0 Å². The molecule has 0 radical (unpaired) electrons. The van der Waals surface area contributed by atoms with Crippen molar-refractivity contribution >= 4 is 17.7 Å². The average molecular weight is 321 g/mol. The maximum Gasteiger partial charge on any atom is 0.335 e. The first-order valence-corrected chi connectivity index (χ1v) is 7.47. The van der Waals surface area contributed by atoms with Crippen LogP contribution in [0.5, 0.6) is 0 Å². The summed E-state index contributed by atoms with van der Waals surface area (Å²) in [6.07, 6.45) is 0. The minimum Gasteiger partial charge on any atom is -0.478 e. The molecule has 2 amide bonds. The van der Waals surface area contributed by atoms with Crippen molar-refractivity contribution in [3.63, 3.8) is 0 Å². The Kier molecular flexibility index (Phi) is 4.17. The molecule has 1 heterocycles. The van der Waals surface area contributed by atoms with Gasteiger partial charge in [0, 0.05) is 25.3 Å². The van der Waals surface area contributed by atoms with Crippen molar-refractivity contribution in [3.8, 4) is 6.07 Å². The highest BCUT2D eigenvalue weighted by molar-refractivity contribution is 5.94. The molecule has 0 aliphatic carbocycles. The molecule has 6 nitrogen and oxygen atoms in total. The van der Waals surface area contributed by atoms with E-state index in [1.54, 1.807) is 46.2 Å². The summed E-state index contributed by atoms with van der Waals surface area (Å²) in [6.45, 7) is 1.49. The molecule has 24 heavy (non-hydrogen) atoms. The summed E-state index contributed by atoms with van der Waals surface area (Å²) >= 11 is 0. The first-order valence-electron chi connectivity index (χ1n) is 7.47. The predicted octanol–water partition coefficient (Wildman–Crippen LogP) is 2.70. The average Bonchev–Trinajstić information content (AvgIpc) is 2.96. The molecule has 2 aromatic rings. The van der Waals surface area contributed by atoms with Crippen LogP contribution >= 0.6 is 0 Å². The zero-order chi connectivity index (χ0) is 17.1. The number of carbonyl (C=O) groups excluding carboxylic acids is 1. The Morgan fingerprint density at radius 3 is 2.58 bits per heavy atom. The van der Waals surface area contributed by atoms with Gasteiger partial charge in [-0.3, -0.25) is 4.90 Å². The highest BCUT2D eigenvalue weighted by Crippen LogP contribution is 2.22. The topological polar surface area (TPSA) is 84.6 Å². The Morgan fingerprint density at radius 2 is 1.92 bits per heavy atom. The first-order chi connectivity index (χ1) is 11.6. The van der Waals surface area contributed by atoms with E-state index in [0.29, 0.717) is 25.2 Å². The molecule has 0 bridgehead atoms. The molecule has 1 aliphatic heterocycles. The second-order valence-corrected chi connectivity index (χ2v) is 5.52. The van der Waals surface area contributed by atoms with E-state index < -0.39 is 5.97 Å². The number of hydrogen-bond acceptors (Lipinski definition) is 3. The van der Waals surface area contributed by atoms with Crippen LogP contribution in [0.25, 0.3) is 0 Å². The Morgan fingerprint density at radius 1 is 1.17 bits per heavy atom. The van der Waals surface area contributed by atoms with E-state index in [4.69, 9.17) is 10.4 Å². The van der Waals surface area contributed by atoms with Gasteiger partial charge in [-0.1, -0.05) is 12.1 Å². The van der Waals surface area contributed by atoms with Crippen molar-refractivity contribution in [3.05, 3.63) is 65.2 Å². The number of amides is 2. The van der Waals surface area contributed by atoms with Gasteiger partial charge in [0.2, 0.25) is 0 Å². The quantitative estimate of drug-likeness (QED) is 0.938. The first kappa shape index (κ1) is 15.6. The number of hydrogen-bond donors (Lipinski definition) is 1. The van der Waals surface area contributed by atoms with Gasteiger partial charge in [-0.25, -0.2) is 9.59 Å². The molecule has 3 rings (SSSR count). The van der Waals surface area contributed by atoms with E-state index >= 15 is 0 Å². The van der Waals surface area contributed by atoms with E-state index in [0.717, 1.165) is 11.3 Å². The molecule has 0 atom stereocenters. The Bertz CT molecular complexity index is 824. The Labute approximate surface area is 139 Å². The Balaban J connectivity index is 1.73. The third-order valence-electron chi connectivity index (χ3n) is 3.95. The zero-order valence-electron chi connectivity index (χ0n) is 12.8. The normalized spacial score (nSPS) is 13.9. The van der Waals surface area contributed by atoms with Gasteiger partial charge in [0.25, 0.3) is 0 Å². The Hall–Kier alpha value is -3.33. The summed E-state index contributed by atoms with van der Waals surface area (Å²) in [5.41, 5.74) is 2.29. The summed E-state index contributed by atoms with van der Waals surface area (Å²) in [7, 11) is 0. The molecular formula is C18H15N3O3. The minimum absolute atomic E-state index is 0.125. The number of anilines is 1. The van der Waals surface area contributed by atoms with E-state index in [9.17, 15) is 9.59 Å². The lowest BCUT2D eigenvalue weighted by Gasteiger charge is -2.19. The number of carboxylic acids is 1. The number of aromatic carboxylic acids is 1. The fraction of sp³-hybridized carbons (Fsp3) is 0.167. The zero-order valence-corrected chi connectivity index (χ0v) is 12.8. The van der Waals surface area contributed by atoms with Crippen molar-refractivity contribution in [2.24, 2.45) is 0 Å². The fourth-order valence-electron chi connectivity index (χ4n) is 2.71. The summed E-state index contributed by atoms with van der Waals surface area (Å²) in [5.74, 6) is -0.983. The summed E-state index contributed by atoms with van der Waals surface area (Å²) in [5, 5.41) is 17.9. The molecule has 1 N–H and O–H groups in total. The van der Waals surface area contributed by atoms with Crippen LogP contribution in [-0.4, -0.2) is 35.1 Å². The molecule has 0 unspecified atom stereocenters. The molecule has 1 fully saturated rings. The van der Waals surface area contributed by atoms with Crippen molar-refractivity contribution in [1.82, 2.24) is 4.90 Å². The van der Waals surface area contributed by atoms with Gasteiger partial charge >= 0.3 is 12.0 Å². The molecule has 0 aromatic heterocycles. The SMILES string of the molecule is N#Cc1ccc(N2CCN(Cc3cccc(C(=O)O)c3)C2=O)cc1. The standard InChI is InChI=1S/C18H15N3O3/c19-11-13-4-6-16(7-5-13)21-9-8-20(18(21)24)12-14-2-1-3-15(10-14)17(22)23/h1-7,10H,8-9,12H2,(H,22,23). The predicted molar refractivity (Wildman–Crippen MR) is 87.7 cm³/mol. The van der Waals surface area contributed by atoms with Crippen LogP contribution in [0.1, 0.15) is 21.5 Å². The van der Waals surface area contributed by atoms with Gasteiger partial charge in [-0.05, 0) is 42.0 Å². The molecule has 0 spiro atoms. The third kappa shape index (κ3) is 3.06. The van der Waals surface area contributed by atoms with Crippen molar-refractivity contribution < 1.29 is 14.7 Å². The van der Waals surface area contributed by atoms with Gasteiger partial charge in [-0.15, -0.1) is 0 Å². The molecular weight excluding hydrogens is 306 g/mol. The smallest absolute Gasteiger partial charge is 0.335 e. The van der Waals surface area contributed by atoms with Crippen molar-refractivity contribution in [1.29, 1.82) is 5.26 Å². The van der Waals surface area contributed by atoms with Crippen LogP contribution in [0.4, 0.5) is 10.5 Å². The number of benzene rings is 2. The number of nitrogens with zero attached hydrogens (tertiary/aromatic N) is 3. The number of urea groups is 1. The molecule has 0 saturated carbocycles. The highest BCUT2D eigenvalue weighted by Gasteiger charge is 2.29. The maximum absolute atomic E-state index is 12.6. The second-order valence-electron chi connectivity index (χ2n) is 5.52. The highest BCUT2D eigenvalue weighted by atomic mass is 16.4. The lowest BCUT2D eigenvalue weighted by molar-refractivity contribution is 0.0696. The molecule has 6 heteroatoms. The molecule has 1 aliphatic rings. The van der Waals surface area contributed by atoms with Crippen LogP contribution < -0.4 is 4.90 Å². The second kappa shape index (κ2) is 6.42. The van der Waals surface area contributed by atoms with Crippen molar-refractivity contribution in [2.45, 2.75) is 6.54 Å². The number of carbonyl (C=O) groups is 2. The summed E-state index contributed by atoms with van der Waals surface area (Å²) in [4.78, 5) is 26.9. The van der Waals surface area contributed by atoms with Crippen LogP contribution in [0, 0.1) is 11.3 Å². The third-order valence-corrected chi connectivity index (χ3v) is 3.95. The summed E-state index contributed by atoms with van der Waals surface area (Å²) in [6, 6.07) is 15.4. The fourth-order valence-corrected chi connectivity index (χ4v) is 2.71. The maximum atomic E-state index is 12.6. The van der Waals surface area contributed by atoms with Crippen LogP contribution in [-0.2, 0) is 6.54 Å². The van der Waals surface area contributed by atoms with Gasteiger partial charge in [0.1, 0.15) is 0 Å². The number of rotatable bonds is 4. The van der Waals surface area contributed by atoms with Crippen molar-refractivity contribution in [2.75, 3.05) is 18.0 Å². The summed E-state index contributed by atoms with van der Waals surface area (Å²) < 4.78 is 0. The van der Waals surface area contributed by atoms with Gasteiger partial charge in [-0.2, -0.15) is 5.26 Å². The lowest BCUT2D eigenvalue weighted by atomic mass is 10.1.